The van der Waals surface area contributed by atoms with Crippen molar-refractivity contribution in [3.05, 3.63) is 48.2 Å². The van der Waals surface area contributed by atoms with Gasteiger partial charge in [-0.3, -0.25) is 4.79 Å². The lowest BCUT2D eigenvalue weighted by Crippen LogP contribution is -2.46. The maximum Gasteiger partial charge on any atom is 0.211 e. The molecule has 0 unspecified atom stereocenters. The number of hydrogen-bond acceptors (Lipinski definition) is 4. The Morgan fingerprint density at radius 2 is 1.78 bits per heavy atom. The molecule has 1 fully saturated rings. The van der Waals surface area contributed by atoms with Gasteiger partial charge in [-0.2, -0.15) is 0 Å². The van der Waals surface area contributed by atoms with E-state index in [4.69, 9.17) is 0 Å². The third kappa shape index (κ3) is 3.62. The van der Waals surface area contributed by atoms with Crippen molar-refractivity contribution in [2.75, 3.05) is 41.3 Å². The van der Waals surface area contributed by atoms with Gasteiger partial charge in [-0.25, -0.2) is 4.98 Å². The van der Waals surface area contributed by atoms with Gasteiger partial charge in [-0.15, -0.1) is 0 Å². The molecule has 0 spiro atoms. The highest BCUT2D eigenvalue weighted by Gasteiger charge is 2.18. The molecule has 1 aliphatic rings. The molecule has 5 heteroatoms. The van der Waals surface area contributed by atoms with Crippen molar-refractivity contribution in [2.45, 2.75) is 13.3 Å². The van der Waals surface area contributed by atoms with Crippen LogP contribution in [0.25, 0.3) is 0 Å². The molecule has 1 aromatic carbocycles. The van der Waals surface area contributed by atoms with Gasteiger partial charge in [0.2, 0.25) is 6.41 Å². The van der Waals surface area contributed by atoms with Crippen LogP contribution in [-0.2, 0) is 11.2 Å². The molecule has 120 valence electrons. The normalized spacial score (nSPS) is 14.7. The predicted molar refractivity (Wildman–Crippen MR) is 94.2 cm³/mol. The molecule has 5 nitrogen and oxygen atoms in total. The number of carbonyl (C=O) groups is 1. The molecule has 0 aliphatic carbocycles. The Kier molecular flexibility index (Phi) is 4.76. The molecule has 1 N–H and O–H groups in total. The third-order valence-electron chi connectivity index (χ3n) is 4.28. The fraction of sp³-hybridized carbons (Fsp3) is 0.333. The molecule has 0 saturated carbocycles. The summed E-state index contributed by atoms with van der Waals surface area (Å²) in [4.78, 5) is 19.7. The zero-order valence-electron chi connectivity index (χ0n) is 13.4. The van der Waals surface area contributed by atoms with Gasteiger partial charge in [-0.1, -0.05) is 6.92 Å². The topological polar surface area (TPSA) is 48.5 Å². The van der Waals surface area contributed by atoms with Gasteiger partial charge in [0.15, 0.2) is 0 Å². The van der Waals surface area contributed by atoms with Gasteiger partial charge in [0.25, 0.3) is 0 Å². The second kappa shape index (κ2) is 7.13. The number of rotatable bonds is 5. The van der Waals surface area contributed by atoms with Crippen molar-refractivity contribution >= 4 is 23.6 Å². The van der Waals surface area contributed by atoms with E-state index in [1.807, 2.05) is 18.3 Å². The first-order valence-corrected chi connectivity index (χ1v) is 8.05. The van der Waals surface area contributed by atoms with E-state index in [9.17, 15) is 4.79 Å². The van der Waals surface area contributed by atoms with Gasteiger partial charge in [-0.05, 0) is 48.4 Å². The Morgan fingerprint density at radius 1 is 1.09 bits per heavy atom. The number of aromatic nitrogens is 1. The SMILES string of the molecule is CCc1ccnc(N2CCN(c3ccc(NC=O)cc3)CC2)c1. The van der Waals surface area contributed by atoms with Crippen molar-refractivity contribution in [1.82, 2.24) is 4.98 Å². The fourth-order valence-electron chi connectivity index (χ4n) is 2.88. The lowest BCUT2D eigenvalue weighted by atomic mass is 10.2. The van der Waals surface area contributed by atoms with Crippen LogP contribution in [0.3, 0.4) is 0 Å². The lowest BCUT2D eigenvalue weighted by molar-refractivity contribution is -0.105. The van der Waals surface area contributed by atoms with Gasteiger partial charge >= 0.3 is 0 Å². The molecule has 2 heterocycles. The van der Waals surface area contributed by atoms with Gasteiger partial charge in [0.05, 0.1) is 0 Å². The Labute approximate surface area is 136 Å². The van der Waals surface area contributed by atoms with E-state index < -0.39 is 0 Å². The summed E-state index contributed by atoms with van der Waals surface area (Å²) >= 11 is 0. The highest BCUT2D eigenvalue weighted by molar-refractivity contribution is 5.72. The van der Waals surface area contributed by atoms with Gasteiger partial charge in [0, 0.05) is 43.8 Å². The van der Waals surface area contributed by atoms with Crippen LogP contribution in [0.2, 0.25) is 0 Å². The number of nitrogens with one attached hydrogen (secondary N) is 1. The number of anilines is 3. The molecule has 0 atom stereocenters. The van der Waals surface area contributed by atoms with Crippen molar-refractivity contribution in [1.29, 1.82) is 0 Å². The smallest absolute Gasteiger partial charge is 0.211 e. The summed E-state index contributed by atoms with van der Waals surface area (Å²) in [6, 6.07) is 12.2. The second-order valence-corrected chi connectivity index (χ2v) is 5.66. The number of amides is 1. The number of benzene rings is 1. The van der Waals surface area contributed by atoms with Crippen LogP contribution in [0, 0.1) is 0 Å². The first-order valence-electron chi connectivity index (χ1n) is 8.05. The summed E-state index contributed by atoms with van der Waals surface area (Å²) in [6.45, 7) is 6.04. The number of pyridine rings is 1. The second-order valence-electron chi connectivity index (χ2n) is 5.66. The molecular formula is C18H22N4O. The van der Waals surface area contributed by atoms with E-state index in [1.54, 1.807) is 0 Å². The van der Waals surface area contributed by atoms with Crippen molar-refractivity contribution in [2.24, 2.45) is 0 Å². The highest BCUT2D eigenvalue weighted by atomic mass is 16.1. The van der Waals surface area contributed by atoms with Crippen LogP contribution in [0.4, 0.5) is 17.2 Å². The van der Waals surface area contributed by atoms with E-state index in [0.717, 1.165) is 44.1 Å². The highest BCUT2D eigenvalue weighted by Crippen LogP contribution is 2.21. The summed E-state index contributed by atoms with van der Waals surface area (Å²) in [5.41, 5.74) is 3.34. The molecule has 1 aromatic heterocycles. The van der Waals surface area contributed by atoms with Crippen LogP contribution < -0.4 is 15.1 Å². The van der Waals surface area contributed by atoms with Crippen molar-refractivity contribution < 1.29 is 4.79 Å². The van der Waals surface area contributed by atoms with Gasteiger partial charge < -0.3 is 15.1 Å². The molecule has 1 saturated heterocycles. The Hall–Kier alpha value is -2.56. The fourth-order valence-corrected chi connectivity index (χ4v) is 2.88. The number of piperazine rings is 1. The Morgan fingerprint density at radius 3 is 2.43 bits per heavy atom. The van der Waals surface area contributed by atoms with Crippen LogP contribution in [0.1, 0.15) is 12.5 Å². The number of nitrogens with zero attached hydrogens (tertiary/aromatic N) is 3. The molecule has 3 rings (SSSR count). The summed E-state index contributed by atoms with van der Waals surface area (Å²) in [6.07, 6.45) is 3.64. The third-order valence-corrected chi connectivity index (χ3v) is 4.28. The van der Waals surface area contributed by atoms with Crippen molar-refractivity contribution in [3.63, 3.8) is 0 Å². The van der Waals surface area contributed by atoms with Crippen LogP contribution in [0.15, 0.2) is 42.6 Å². The van der Waals surface area contributed by atoms with Gasteiger partial charge in [0.1, 0.15) is 5.82 Å². The number of carbonyl (C=O) groups excluding carboxylic acids is 1. The predicted octanol–water partition coefficient (Wildman–Crippen LogP) is 2.54. The quantitative estimate of drug-likeness (QED) is 0.862. The first-order chi connectivity index (χ1) is 11.3. The minimum Gasteiger partial charge on any atom is -0.368 e. The molecule has 1 aliphatic heterocycles. The number of hydrogen-bond donors (Lipinski definition) is 1. The average Bonchev–Trinajstić information content (AvgIpc) is 2.63. The average molecular weight is 310 g/mol. The molecular weight excluding hydrogens is 288 g/mol. The number of aryl methyl sites for hydroxylation is 1. The zero-order chi connectivity index (χ0) is 16.1. The van der Waals surface area contributed by atoms with Crippen molar-refractivity contribution in [3.8, 4) is 0 Å². The minimum atomic E-state index is 0.700. The van der Waals surface area contributed by atoms with E-state index in [1.165, 1.54) is 11.3 Å². The summed E-state index contributed by atoms with van der Waals surface area (Å²) in [7, 11) is 0. The zero-order valence-corrected chi connectivity index (χ0v) is 13.4. The standard InChI is InChI=1S/C18H22N4O/c1-2-15-7-8-19-18(13-15)22-11-9-21(10-12-22)17-5-3-16(4-6-17)20-14-23/h3-8,13-14H,2,9-12H2,1H3,(H,20,23). The van der Waals surface area contributed by atoms with Crippen LogP contribution >= 0.6 is 0 Å². The maximum atomic E-state index is 10.4. The van der Waals surface area contributed by atoms with E-state index >= 15 is 0 Å². The Bertz CT molecular complexity index is 648. The van der Waals surface area contributed by atoms with Crippen LogP contribution in [-0.4, -0.2) is 37.6 Å². The van der Waals surface area contributed by atoms with Crippen LogP contribution in [0.5, 0.6) is 0 Å². The molecule has 1 amide bonds. The monoisotopic (exact) mass is 310 g/mol. The van der Waals surface area contributed by atoms with E-state index in [-0.39, 0.29) is 0 Å². The summed E-state index contributed by atoms with van der Waals surface area (Å²) in [5, 5.41) is 2.66. The molecule has 0 radical (unpaired) electrons. The molecule has 0 bridgehead atoms. The lowest BCUT2D eigenvalue weighted by Gasteiger charge is -2.36. The molecule has 2 aromatic rings. The minimum absolute atomic E-state index is 0.700. The maximum absolute atomic E-state index is 10.4. The van der Waals surface area contributed by atoms with E-state index in [0.29, 0.717) is 6.41 Å². The summed E-state index contributed by atoms with van der Waals surface area (Å²) in [5.74, 6) is 1.08. The van der Waals surface area contributed by atoms with E-state index in [2.05, 4.69) is 51.3 Å². The summed E-state index contributed by atoms with van der Waals surface area (Å²) < 4.78 is 0. The molecule has 23 heavy (non-hydrogen) atoms. The first kappa shape index (κ1) is 15.3. The Balaban J connectivity index is 1.62. The largest absolute Gasteiger partial charge is 0.368 e.